The minimum absolute atomic E-state index is 0.253. The average Bonchev–Trinajstić information content (AvgIpc) is 2.74. The van der Waals surface area contributed by atoms with E-state index in [1.54, 1.807) is 25.7 Å². The van der Waals surface area contributed by atoms with Gasteiger partial charge in [-0.05, 0) is 72.1 Å². The lowest BCUT2D eigenvalue weighted by molar-refractivity contribution is -0.140. The highest BCUT2D eigenvalue weighted by Gasteiger charge is 2.35. The lowest BCUT2D eigenvalue weighted by Crippen LogP contribution is -2.50. The van der Waals surface area contributed by atoms with Gasteiger partial charge in [-0.1, -0.05) is 54.4 Å². The van der Waals surface area contributed by atoms with Crippen molar-refractivity contribution in [3.8, 4) is 0 Å². The molecule has 0 aliphatic rings. The molecule has 3 amide bonds. The molecule has 0 aliphatic carbocycles. The van der Waals surface area contributed by atoms with Gasteiger partial charge in [-0.3, -0.25) is 9.59 Å². The molecule has 0 spiro atoms. The molecule has 190 valence electrons. The Balaban J connectivity index is 2.45. The molecule has 0 heterocycles. The van der Waals surface area contributed by atoms with Crippen molar-refractivity contribution in [1.82, 2.24) is 10.2 Å². The SMILES string of the molecule is CCC(C)N(C(=O)CNC(=O)OC(C)(C)C)C(C(=O)Nc1ccccc1C)c1cc(C)cc(C)c1. The third kappa shape index (κ3) is 8.12. The Morgan fingerprint density at radius 1 is 1.00 bits per heavy atom. The van der Waals surface area contributed by atoms with Gasteiger partial charge >= 0.3 is 6.09 Å². The van der Waals surface area contributed by atoms with Gasteiger partial charge in [0.1, 0.15) is 18.2 Å². The van der Waals surface area contributed by atoms with E-state index < -0.39 is 17.7 Å². The fraction of sp³-hybridized carbons (Fsp3) is 0.464. The lowest BCUT2D eigenvalue weighted by atomic mass is 9.97. The summed E-state index contributed by atoms with van der Waals surface area (Å²) in [6.07, 6.45) is -0.0424. The minimum atomic E-state index is -0.879. The van der Waals surface area contributed by atoms with E-state index in [0.717, 1.165) is 22.3 Å². The Kier molecular flexibility index (Phi) is 9.46. The Labute approximate surface area is 209 Å². The normalized spacial score (nSPS) is 12.9. The van der Waals surface area contributed by atoms with Gasteiger partial charge in [-0.2, -0.15) is 0 Å². The summed E-state index contributed by atoms with van der Waals surface area (Å²) in [4.78, 5) is 41.0. The third-order valence-electron chi connectivity index (χ3n) is 5.63. The molecule has 0 radical (unpaired) electrons. The minimum Gasteiger partial charge on any atom is -0.444 e. The largest absolute Gasteiger partial charge is 0.444 e. The molecule has 2 rings (SSSR count). The Bertz CT molecular complexity index is 1040. The number of ether oxygens (including phenoxy) is 1. The number of amides is 3. The first-order valence-electron chi connectivity index (χ1n) is 12.0. The smallest absolute Gasteiger partial charge is 0.408 e. The number of para-hydroxylation sites is 1. The van der Waals surface area contributed by atoms with E-state index in [4.69, 9.17) is 4.74 Å². The van der Waals surface area contributed by atoms with Crippen LogP contribution in [0.2, 0.25) is 0 Å². The van der Waals surface area contributed by atoms with Crippen LogP contribution in [0.4, 0.5) is 10.5 Å². The molecule has 0 bridgehead atoms. The van der Waals surface area contributed by atoms with Gasteiger partial charge in [0.25, 0.3) is 5.91 Å². The molecular weight excluding hydrogens is 442 g/mol. The maximum Gasteiger partial charge on any atom is 0.408 e. The molecule has 7 nitrogen and oxygen atoms in total. The highest BCUT2D eigenvalue weighted by Crippen LogP contribution is 2.29. The number of aryl methyl sites for hydroxylation is 3. The summed E-state index contributed by atoms with van der Waals surface area (Å²) < 4.78 is 5.27. The van der Waals surface area contributed by atoms with Crippen molar-refractivity contribution >= 4 is 23.6 Å². The van der Waals surface area contributed by atoms with Crippen molar-refractivity contribution in [3.05, 3.63) is 64.7 Å². The summed E-state index contributed by atoms with van der Waals surface area (Å²) in [7, 11) is 0. The summed E-state index contributed by atoms with van der Waals surface area (Å²) >= 11 is 0. The van der Waals surface area contributed by atoms with Crippen LogP contribution in [0.15, 0.2) is 42.5 Å². The number of anilines is 1. The number of alkyl carbamates (subject to hydrolysis) is 1. The molecule has 7 heteroatoms. The highest BCUT2D eigenvalue weighted by molar-refractivity contribution is 5.99. The second kappa shape index (κ2) is 11.9. The van der Waals surface area contributed by atoms with Crippen LogP contribution in [0.1, 0.15) is 69.3 Å². The topological polar surface area (TPSA) is 87.7 Å². The van der Waals surface area contributed by atoms with E-state index >= 15 is 0 Å². The molecular formula is C28H39N3O4. The standard InChI is InChI=1S/C28H39N3O4/c1-9-21(5)31(24(32)17-29-27(34)35-28(6,7)8)25(22-15-18(2)14-19(3)16-22)26(33)30-23-13-11-10-12-20(23)4/h10-16,21,25H,9,17H2,1-8H3,(H,29,34)(H,30,33). The summed E-state index contributed by atoms with van der Waals surface area (Å²) in [5, 5.41) is 5.55. The van der Waals surface area contributed by atoms with Crippen LogP contribution in [-0.4, -0.2) is 41.0 Å². The third-order valence-corrected chi connectivity index (χ3v) is 5.63. The molecule has 2 aromatic rings. The monoisotopic (exact) mass is 481 g/mol. The van der Waals surface area contributed by atoms with Crippen molar-refractivity contribution in [3.63, 3.8) is 0 Å². The number of benzene rings is 2. The number of nitrogens with zero attached hydrogens (tertiary/aromatic N) is 1. The van der Waals surface area contributed by atoms with Crippen LogP contribution < -0.4 is 10.6 Å². The maximum atomic E-state index is 13.8. The summed E-state index contributed by atoms with van der Waals surface area (Å²) in [5.41, 5.74) is 3.65. The Morgan fingerprint density at radius 3 is 2.14 bits per heavy atom. The van der Waals surface area contributed by atoms with Crippen molar-refractivity contribution in [2.45, 2.75) is 79.5 Å². The molecule has 0 saturated carbocycles. The Hall–Kier alpha value is -3.35. The van der Waals surface area contributed by atoms with Gasteiger partial charge in [0, 0.05) is 11.7 Å². The predicted molar refractivity (Wildman–Crippen MR) is 139 cm³/mol. The van der Waals surface area contributed by atoms with Gasteiger partial charge in [-0.15, -0.1) is 0 Å². The zero-order chi connectivity index (χ0) is 26.3. The van der Waals surface area contributed by atoms with E-state index in [1.807, 2.05) is 77.1 Å². The molecule has 2 aromatic carbocycles. The fourth-order valence-electron chi connectivity index (χ4n) is 3.91. The molecule has 0 saturated heterocycles. The van der Waals surface area contributed by atoms with Crippen molar-refractivity contribution in [2.24, 2.45) is 0 Å². The predicted octanol–water partition coefficient (Wildman–Crippen LogP) is 5.44. The van der Waals surface area contributed by atoms with Gasteiger partial charge in [0.05, 0.1) is 0 Å². The van der Waals surface area contributed by atoms with Crippen molar-refractivity contribution in [2.75, 3.05) is 11.9 Å². The van der Waals surface area contributed by atoms with Crippen LogP contribution in [0, 0.1) is 20.8 Å². The van der Waals surface area contributed by atoms with E-state index in [0.29, 0.717) is 12.1 Å². The van der Waals surface area contributed by atoms with Crippen LogP contribution in [0.3, 0.4) is 0 Å². The van der Waals surface area contributed by atoms with Crippen LogP contribution in [0.5, 0.6) is 0 Å². The van der Waals surface area contributed by atoms with E-state index in [1.165, 1.54) is 0 Å². The quantitative estimate of drug-likeness (QED) is 0.525. The van der Waals surface area contributed by atoms with Crippen LogP contribution >= 0.6 is 0 Å². The highest BCUT2D eigenvalue weighted by atomic mass is 16.6. The number of nitrogens with one attached hydrogen (secondary N) is 2. The van der Waals surface area contributed by atoms with E-state index in [9.17, 15) is 14.4 Å². The second-order valence-electron chi connectivity index (χ2n) is 10.0. The molecule has 0 aromatic heterocycles. The summed E-state index contributed by atoms with van der Waals surface area (Å²) in [5.74, 6) is -0.676. The fourth-order valence-corrected chi connectivity index (χ4v) is 3.91. The average molecular weight is 482 g/mol. The lowest BCUT2D eigenvalue weighted by Gasteiger charge is -2.36. The summed E-state index contributed by atoms with van der Waals surface area (Å²) in [6, 6.07) is 12.3. The number of hydrogen-bond acceptors (Lipinski definition) is 4. The molecule has 2 N–H and O–H groups in total. The molecule has 35 heavy (non-hydrogen) atoms. The number of rotatable bonds is 8. The zero-order valence-corrected chi connectivity index (χ0v) is 22.2. The molecule has 2 atom stereocenters. The number of hydrogen-bond donors (Lipinski definition) is 2. The van der Waals surface area contributed by atoms with Gasteiger partial charge in [-0.25, -0.2) is 4.79 Å². The van der Waals surface area contributed by atoms with E-state index in [-0.39, 0.29) is 24.4 Å². The molecule has 0 aliphatic heterocycles. The molecule has 2 unspecified atom stereocenters. The first-order chi connectivity index (χ1) is 16.3. The second-order valence-corrected chi connectivity index (χ2v) is 10.0. The van der Waals surface area contributed by atoms with Crippen LogP contribution in [-0.2, 0) is 14.3 Å². The zero-order valence-electron chi connectivity index (χ0n) is 22.2. The first-order valence-corrected chi connectivity index (χ1v) is 12.0. The van der Waals surface area contributed by atoms with E-state index in [2.05, 4.69) is 10.6 Å². The summed E-state index contributed by atoms with van der Waals surface area (Å²) in [6.45, 7) is 14.7. The number of carbonyl (C=O) groups is 3. The van der Waals surface area contributed by atoms with Crippen LogP contribution in [0.25, 0.3) is 0 Å². The Morgan fingerprint density at radius 2 is 1.60 bits per heavy atom. The van der Waals surface area contributed by atoms with Gasteiger partial charge < -0.3 is 20.3 Å². The molecule has 0 fully saturated rings. The van der Waals surface area contributed by atoms with Gasteiger partial charge in [0.15, 0.2) is 0 Å². The number of carbonyl (C=O) groups excluding carboxylic acids is 3. The van der Waals surface area contributed by atoms with Gasteiger partial charge in [0.2, 0.25) is 5.91 Å². The van der Waals surface area contributed by atoms with Crippen molar-refractivity contribution in [1.29, 1.82) is 0 Å². The first kappa shape index (κ1) is 27.9. The van der Waals surface area contributed by atoms with Crippen molar-refractivity contribution < 1.29 is 19.1 Å². The maximum absolute atomic E-state index is 13.8.